The molecule has 0 fully saturated rings. The van der Waals surface area contributed by atoms with Crippen LogP contribution in [0.5, 0.6) is 0 Å². The second kappa shape index (κ2) is 5.33. The summed E-state index contributed by atoms with van der Waals surface area (Å²) in [5.74, 6) is -0.102. The Morgan fingerprint density at radius 3 is 2.65 bits per heavy atom. The molecule has 0 amide bonds. The summed E-state index contributed by atoms with van der Waals surface area (Å²) in [5, 5.41) is 0. The Morgan fingerprint density at radius 1 is 1.53 bits per heavy atom. The molecule has 0 aromatic carbocycles. The molecule has 0 aliphatic heterocycles. The number of nitrogens with one attached hydrogen (secondary N) is 1. The highest BCUT2D eigenvalue weighted by atomic mass is 16.5. The number of hydrogen-bond acceptors (Lipinski definition) is 6. The molecule has 7 nitrogen and oxygen atoms in total. The van der Waals surface area contributed by atoms with Gasteiger partial charge in [0.1, 0.15) is 5.82 Å². The molecular formula is C10H16N4O3. The van der Waals surface area contributed by atoms with E-state index >= 15 is 0 Å². The molecule has 7 heteroatoms. The standard InChI is InChI=1S/C10H16N4O3/c1-4-17-7(15)5-6-8(11)12-10(14(2)3)13-9(6)16/h4-5H2,1-3H3,(H3,11,12,13,16). The van der Waals surface area contributed by atoms with E-state index in [1.54, 1.807) is 25.9 Å². The van der Waals surface area contributed by atoms with Crippen LogP contribution in [0.25, 0.3) is 0 Å². The molecule has 17 heavy (non-hydrogen) atoms. The van der Waals surface area contributed by atoms with E-state index in [0.29, 0.717) is 5.95 Å². The normalized spacial score (nSPS) is 10.1. The van der Waals surface area contributed by atoms with Gasteiger partial charge in [-0.2, -0.15) is 4.98 Å². The minimum Gasteiger partial charge on any atom is -0.466 e. The van der Waals surface area contributed by atoms with Crippen LogP contribution in [0.2, 0.25) is 0 Å². The molecule has 94 valence electrons. The molecule has 1 aromatic heterocycles. The Bertz CT molecular complexity index is 467. The van der Waals surface area contributed by atoms with Gasteiger partial charge in [-0.05, 0) is 6.92 Å². The number of nitrogen functional groups attached to an aromatic ring is 1. The number of esters is 1. The van der Waals surface area contributed by atoms with Crippen LogP contribution in [0, 0.1) is 0 Å². The Balaban J connectivity index is 3.02. The zero-order chi connectivity index (χ0) is 13.0. The Kier molecular flexibility index (Phi) is 4.08. The second-order valence-electron chi connectivity index (χ2n) is 3.63. The number of carbonyl (C=O) groups excluding carboxylic acids is 1. The zero-order valence-electron chi connectivity index (χ0n) is 10.1. The maximum absolute atomic E-state index is 11.7. The average molecular weight is 240 g/mol. The van der Waals surface area contributed by atoms with Gasteiger partial charge in [0.05, 0.1) is 18.6 Å². The van der Waals surface area contributed by atoms with E-state index in [2.05, 4.69) is 9.97 Å². The third-order valence-corrected chi connectivity index (χ3v) is 2.09. The first-order valence-electron chi connectivity index (χ1n) is 5.17. The van der Waals surface area contributed by atoms with Crippen molar-refractivity contribution in [3.05, 3.63) is 15.9 Å². The summed E-state index contributed by atoms with van der Waals surface area (Å²) in [5.41, 5.74) is 5.35. The molecule has 3 N–H and O–H groups in total. The molecule has 1 aromatic rings. The Labute approximate surface area is 98.6 Å². The van der Waals surface area contributed by atoms with Gasteiger partial charge in [0, 0.05) is 14.1 Å². The van der Waals surface area contributed by atoms with E-state index in [0.717, 1.165) is 0 Å². The van der Waals surface area contributed by atoms with Gasteiger partial charge in [-0.1, -0.05) is 0 Å². The molecular weight excluding hydrogens is 224 g/mol. The molecule has 0 saturated heterocycles. The fourth-order valence-corrected chi connectivity index (χ4v) is 1.24. The first-order valence-corrected chi connectivity index (χ1v) is 5.17. The number of carbonyl (C=O) groups is 1. The van der Waals surface area contributed by atoms with E-state index in [1.165, 1.54) is 0 Å². The number of nitrogens with two attached hydrogens (primary N) is 1. The summed E-state index contributed by atoms with van der Waals surface area (Å²) in [6, 6.07) is 0. The lowest BCUT2D eigenvalue weighted by Gasteiger charge is -2.12. The van der Waals surface area contributed by atoms with Crippen molar-refractivity contribution in [1.29, 1.82) is 0 Å². The van der Waals surface area contributed by atoms with E-state index in [1.807, 2.05) is 0 Å². The fraction of sp³-hybridized carbons (Fsp3) is 0.500. The van der Waals surface area contributed by atoms with Crippen molar-refractivity contribution >= 4 is 17.7 Å². The van der Waals surface area contributed by atoms with E-state index < -0.39 is 11.5 Å². The second-order valence-corrected chi connectivity index (χ2v) is 3.63. The quantitative estimate of drug-likeness (QED) is 0.689. The highest BCUT2D eigenvalue weighted by Crippen LogP contribution is 2.08. The predicted octanol–water partition coefficient (Wildman–Crippen LogP) is -0.476. The molecule has 0 spiro atoms. The lowest BCUT2D eigenvalue weighted by Crippen LogP contribution is -2.25. The lowest BCUT2D eigenvalue weighted by atomic mass is 10.2. The van der Waals surface area contributed by atoms with Crippen molar-refractivity contribution in [1.82, 2.24) is 9.97 Å². The van der Waals surface area contributed by atoms with Crippen LogP contribution in [0.3, 0.4) is 0 Å². The summed E-state index contributed by atoms with van der Waals surface area (Å²) >= 11 is 0. The number of ether oxygens (including phenoxy) is 1. The molecule has 1 heterocycles. The lowest BCUT2D eigenvalue weighted by molar-refractivity contribution is -0.142. The monoisotopic (exact) mass is 240 g/mol. The minimum absolute atomic E-state index is 0.0468. The van der Waals surface area contributed by atoms with Gasteiger partial charge in [-0.25, -0.2) is 0 Å². The van der Waals surface area contributed by atoms with Crippen molar-refractivity contribution in [2.24, 2.45) is 0 Å². The number of aromatic nitrogens is 2. The molecule has 0 unspecified atom stereocenters. The molecule has 0 saturated carbocycles. The van der Waals surface area contributed by atoms with Crippen LogP contribution in [0.1, 0.15) is 12.5 Å². The molecule has 0 atom stereocenters. The third-order valence-electron chi connectivity index (χ3n) is 2.09. The smallest absolute Gasteiger partial charge is 0.310 e. The van der Waals surface area contributed by atoms with Gasteiger partial charge in [0.2, 0.25) is 5.95 Å². The topological polar surface area (TPSA) is 101 Å². The fourth-order valence-electron chi connectivity index (χ4n) is 1.24. The molecule has 0 aliphatic rings. The van der Waals surface area contributed by atoms with Crippen LogP contribution in [0.15, 0.2) is 4.79 Å². The number of nitrogens with zero attached hydrogens (tertiary/aromatic N) is 2. The largest absolute Gasteiger partial charge is 0.466 e. The van der Waals surface area contributed by atoms with Crippen LogP contribution in [-0.2, 0) is 16.0 Å². The Morgan fingerprint density at radius 2 is 2.18 bits per heavy atom. The third kappa shape index (κ3) is 3.20. The van der Waals surface area contributed by atoms with Crippen molar-refractivity contribution < 1.29 is 9.53 Å². The highest BCUT2D eigenvalue weighted by Gasteiger charge is 2.14. The van der Waals surface area contributed by atoms with Gasteiger partial charge < -0.3 is 15.4 Å². The number of aromatic amines is 1. The van der Waals surface area contributed by atoms with Gasteiger partial charge >= 0.3 is 5.97 Å². The predicted molar refractivity (Wildman–Crippen MR) is 63.9 cm³/mol. The summed E-state index contributed by atoms with van der Waals surface area (Å²) in [6.45, 7) is 1.96. The number of anilines is 2. The van der Waals surface area contributed by atoms with Gasteiger partial charge in [0.25, 0.3) is 5.56 Å². The van der Waals surface area contributed by atoms with Gasteiger partial charge in [-0.15, -0.1) is 0 Å². The Hall–Kier alpha value is -2.05. The molecule has 1 rings (SSSR count). The molecule has 0 radical (unpaired) electrons. The molecule has 0 aliphatic carbocycles. The first-order chi connectivity index (χ1) is 7.95. The van der Waals surface area contributed by atoms with Crippen LogP contribution < -0.4 is 16.2 Å². The van der Waals surface area contributed by atoms with E-state index in [4.69, 9.17) is 10.5 Å². The van der Waals surface area contributed by atoms with Gasteiger partial charge in [0.15, 0.2) is 0 Å². The summed E-state index contributed by atoms with van der Waals surface area (Å²) < 4.78 is 4.75. The maximum atomic E-state index is 11.7. The van der Waals surface area contributed by atoms with Gasteiger partial charge in [-0.3, -0.25) is 14.6 Å². The van der Waals surface area contributed by atoms with Crippen LogP contribution in [-0.4, -0.2) is 36.6 Å². The maximum Gasteiger partial charge on any atom is 0.310 e. The van der Waals surface area contributed by atoms with E-state index in [-0.39, 0.29) is 24.4 Å². The van der Waals surface area contributed by atoms with E-state index in [9.17, 15) is 9.59 Å². The summed E-state index contributed by atoms with van der Waals surface area (Å²) in [6.07, 6.45) is -0.171. The van der Waals surface area contributed by atoms with Crippen LogP contribution in [0.4, 0.5) is 11.8 Å². The van der Waals surface area contributed by atoms with Crippen LogP contribution >= 0.6 is 0 Å². The van der Waals surface area contributed by atoms with Crippen molar-refractivity contribution in [2.75, 3.05) is 31.3 Å². The highest BCUT2D eigenvalue weighted by molar-refractivity contribution is 5.74. The first kappa shape index (κ1) is 13.0. The minimum atomic E-state index is -0.496. The summed E-state index contributed by atoms with van der Waals surface area (Å²) in [7, 11) is 3.45. The summed E-state index contributed by atoms with van der Waals surface area (Å²) in [4.78, 5) is 31.1. The number of hydrogen-bond donors (Lipinski definition) is 2. The number of rotatable bonds is 4. The molecule has 0 bridgehead atoms. The SMILES string of the molecule is CCOC(=O)Cc1c(N)nc(N(C)C)[nH]c1=O. The van der Waals surface area contributed by atoms with Crippen molar-refractivity contribution in [3.8, 4) is 0 Å². The zero-order valence-corrected chi connectivity index (χ0v) is 10.1. The van der Waals surface area contributed by atoms with Crippen molar-refractivity contribution in [3.63, 3.8) is 0 Å². The average Bonchev–Trinajstić information content (AvgIpc) is 2.23. The number of H-pyrrole nitrogens is 1. The van der Waals surface area contributed by atoms with Crippen molar-refractivity contribution in [2.45, 2.75) is 13.3 Å².